The van der Waals surface area contributed by atoms with Crippen molar-refractivity contribution in [2.24, 2.45) is 0 Å². The molecule has 4 aliphatic heterocycles. The second-order valence-electron chi connectivity index (χ2n) is 11.4. The number of rotatable bonds is 6. The fraction of sp³-hybridized carbons (Fsp3) is 0.655. The van der Waals surface area contributed by atoms with Gasteiger partial charge in [-0.05, 0) is 62.6 Å². The zero-order valence-electron chi connectivity index (χ0n) is 22.5. The molecule has 11 heteroatoms. The SMILES string of the molecule is O=C(CN1CCc2ccc(C(F)(F)F)cc2C1=O)NC1CN(C2CCCOCC2)C[C@@H]1OC1CCC2=C1SCC2. The van der Waals surface area contributed by atoms with Gasteiger partial charge in [0.1, 0.15) is 0 Å². The summed E-state index contributed by atoms with van der Waals surface area (Å²) in [7, 11) is 0. The van der Waals surface area contributed by atoms with Crippen molar-refractivity contribution < 1.29 is 32.2 Å². The number of nitrogens with one attached hydrogen (secondary N) is 1. The predicted molar refractivity (Wildman–Crippen MR) is 145 cm³/mol. The van der Waals surface area contributed by atoms with Crippen molar-refractivity contribution >= 4 is 23.6 Å². The van der Waals surface area contributed by atoms with E-state index < -0.39 is 17.6 Å². The van der Waals surface area contributed by atoms with Gasteiger partial charge < -0.3 is 19.7 Å². The van der Waals surface area contributed by atoms with E-state index >= 15 is 0 Å². The highest BCUT2D eigenvalue weighted by molar-refractivity contribution is 8.03. The number of carbonyl (C=O) groups excluding carboxylic acids is 2. The maximum Gasteiger partial charge on any atom is 0.416 e. The van der Waals surface area contributed by atoms with Crippen LogP contribution in [0.1, 0.15) is 60.0 Å². The summed E-state index contributed by atoms with van der Waals surface area (Å²) in [5.74, 6) is 0.265. The molecule has 0 bridgehead atoms. The Morgan fingerprint density at radius 2 is 2.00 bits per heavy atom. The van der Waals surface area contributed by atoms with Crippen molar-refractivity contribution in [3.8, 4) is 0 Å². The Hall–Kier alpha value is -2.08. The number of likely N-dealkylation sites (tertiary alicyclic amines) is 1. The van der Waals surface area contributed by atoms with Crippen LogP contribution in [0.15, 0.2) is 28.7 Å². The number of amides is 2. The van der Waals surface area contributed by atoms with E-state index in [1.807, 2.05) is 11.8 Å². The van der Waals surface area contributed by atoms with Gasteiger partial charge in [0.15, 0.2) is 0 Å². The van der Waals surface area contributed by atoms with Gasteiger partial charge in [0.2, 0.25) is 5.91 Å². The fourth-order valence-electron chi connectivity index (χ4n) is 6.76. The summed E-state index contributed by atoms with van der Waals surface area (Å²) in [5, 5.41) is 3.14. The van der Waals surface area contributed by atoms with Crippen LogP contribution in [-0.2, 0) is 26.9 Å². The molecule has 2 saturated heterocycles. The average Bonchev–Trinajstić information content (AvgIpc) is 3.58. The highest BCUT2D eigenvalue weighted by atomic mass is 32.2. The maximum atomic E-state index is 13.3. The van der Waals surface area contributed by atoms with E-state index in [0.717, 1.165) is 76.2 Å². The number of halogens is 3. The highest BCUT2D eigenvalue weighted by Gasteiger charge is 2.42. The minimum absolute atomic E-state index is 0.0251. The molecule has 7 nitrogen and oxygen atoms in total. The van der Waals surface area contributed by atoms with E-state index in [1.54, 1.807) is 0 Å². The van der Waals surface area contributed by atoms with E-state index in [2.05, 4.69) is 10.2 Å². The summed E-state index contributed by atoms with van der Waals surface area (Å²) >= 11 is 1.89. The molecule has 2 amide bonds. The second-order valence-corrected chi connectivity index (χ2v) is 12.6. The molecule has 218 valence electrons. The Morgan fingerprint density at radius 3 is 2.85 bits per heavy atom. The van der Waals surface area contributed by atoms with Gasteiger partial charge in [-0.2, -0.15) is 13.2 Å². The lowest BCUT2D eigenvalue weighted by Crippen LogP contribution is -2.50. The molecule has 1 aromatic carbocycles. The van der Waals surface area contributed by atoms with Crippen molar-refractivity contribution in [3.05, 3.63) is 45.4 Å². The third kappa shape index (κ3) is 5.93. The Kier molecular flexibility index (Phi) is 8.18. The van der Waals surface area contributed by atoms with Gasteiger partial charge >= 0.3 is 6.18 Å². The first-order valence-corrected chi connectivity index (χ1v) is 15.4. The molecule has 6 rings (SSSR count). The molecule has 2 fully saturated rings. The van der Waals surface area contributed by atoms with E-state index in [4.69, 9.17) is 9.47 Å². The summed E-state index contributed by atoms with van der Waals surface area (Å²) in [6.07, 6.45) is 1.98. The van der Waals surface area contributed by atoms with Crippen LogP contribution in [-0.4, -0.2) is 91.1 Å². The third-order valence-corrected chi connectivity index (χ3v) is 10.1. The van der Waals surface area contributed by atoms with Crippen LogP contribution in [0.4, 0.5) is 13.2 Å². The van der Waals surface area contributed by atoms with Crippen LogP contribution in [0.2, 0.25) is 0 Å². The first-order valence-electron chi connectivity index (χ1n) is 14.4. The number of carbonyl (C=O) groups is 2. The molecule has 40 heavy (non-hydrogen) atoms. The Morgan fingerprint density at radius 1 is 1.12 bits per heavy atom. The number of fused-ring (bicyclic) bond motifs is 1. The maximum absolute atomic E-state index is 13.3. The number of hydrogen-bond donors (Lipinski definition) is 1. The molecule has 0 radical (unpaired) electrons. The predicted octanol–water partition coefficient (Wildman–Crippen LogP) is 4.01. The number of nitrogens with zero attached hydrogens (tertiary/aromatic N) is 2. The molecule has 4 heterocycles. The number of alkyl halides is 3. The normalized spacial score (nSPS) is 29.5. The van der Waals surface area contributed by atoms with E-state index in [0.29, 0.717) is 31.1 Å². The molecule has 1 aliphatic carbocycles. The number of thioether (sulfide) groups is 1. The number of benzene rings is 1. The number of hydrogen-bond acceptors (Lipinski definition) is 6. The lowest BCUT2D eigenvalue weighted by Gasteiger charge is -2.30. The summed E-state index contributed by atoms with van der Waals surface area (Å²) < 4.78 is 52.1. The van der Waals surface area contributed by atoms with Gasteiger partial charge in [0.05, 0.1) is 30.4 Å². The fourth-order valence-corrected chi connectivity index (χ4v) is 8.09. The third-order valence-electron chi connectivity index (χ3n) is 8.87. The van der Waals surface area contributed by atoms with Crippen LogP contribution in [0.3, 0.4) is 0 Å². The van der Waals surface area contributed by atoms with Crippen molar-refractivity contribution in [1.29, 1.82) is 0 Å². The van der Waals surface area contributed by atoms with Crippen molar-refractivity contribution in [1.82, 2.24) is 15.1 Å². The van der Waals surface area contributed by atoms with Crippen LogP contribution in [0.5, 0.6) is 0 Å². The second kappa shape index (κ2) is 11.7. The van der Waals surface area contributed by atoms with Crippen LogP contribution in [0.25, 0.3) is 0 Å². The summed E-state index contributed by atoms with van der Waals surface area (Å²) in [4.78, 5) is 31.5. The van der Waals surface area contributed by atoms with Gasteiger partial charge in [0, 0.05) is 55.1 Å². The van der Waals surface area contributed by atoms with Crippen molar-refractivity contribution in [2.45, 2.75) is 75.4 Å². The Balaban J connectivity index is 1.13. The molecule has 5 aliphatic rings. The molecule has 3 unspecified atom stereocenters. The molecule has 0 aromatic heterocycles. The molecule has 0 saturated carbocycles. The smallest absolute Gasteiger partial charge is 0.381 e. The van der Waals surface area contributed by atoms with Crippen LogP contribution >= 0.6 is 11.8 Å². The monoisotopic (exact) mass is 579 g/mol. The van der Waals surface area contributed by atoms with Crippen molar-refractivity contribution in [2.75, 3.05) is 45.1 Å². The first kappa shape index (κ1) is 28.1. The number of allylic oxidation sites excluding steroid dienone is 1. The van der Waals surface area contributed by atoms with Crippen molar-refractivity contribution in [3.63, 3.8) is 0 Å². The lowest BCUT2D eigenvalue weighted by atomic mass is 9.96. The summed E-state index contributed by atoms with van der Waals surface area (Å²) in [6, 6.07) is 3.43. The molecule has 4 atom stereocenters. The zero-order valence-corrected chi connectivity index (χ0v) is 23.3. The van der Waals surface area contributed by atoms with Crippen LogP contribution in [0, 0.1) is 0 Å². The van der Waals surface area contributed by atoms with Gasteiger partial charge in [-0.3, -0.25) is 14.5 Å². The van der Waals surface area contributed by atoms with E-state index in [-0.39, 0.29) is 36.3 Å². The molecular weight excluding hydrogens is 543 g/mol. The van der Waals surface area contributed by atoms with E-state index in [9.17, 15) is 22.8 Å². The quantitative estimate of drug-likeness (QED) is 0.550. The van der Waals surface area contributed by atoms with Gasteiger partial charge in [-0.25, -0.2) is 0 Å². The average molecular weight is 580 g/mol. The van der Waals surface area contributed by atoms with Gasteiger partial charge in [-0.15, -0.1) is 11.8 Å². The molecular formula is C29H36F3N3O4S. The molecule has 1 N–H and O–H groups in total. The largest absolute Gasteiger partial charge is 0.416 e. The topological polar surface area (TPSA) is 71.1 Å². The summed E-state index contributed by atoms with van der Waals surface area (Å²) in [5.41, 5.74) is 1.27. The highest BCUT2D eigenvalue weighted by Crippen LogP contribution is 2.44. The molecule has 1 aromatic rings. The Bertz CT molecular complexity index is 1170. The zero-order chi connectivity index (χ0) is 27.9. The lowest BCUT2D eigenvalue weighted by molar-refractivity contribution is -0.137. The standard InChI is InChI=1S/C29H36F3N3O4S/c30-29(31,32)20-5-3-18-7-10-34(28(37)22(18)14-20)17-26(36)33-23-15-35(21-2-1-11-38-12-8-21)16-25(23)39-24-6-4-19-9-13-40-27(19)24/h3,5,14,21,23-25H,1-2,4,6-13,15-17H2,(H,33,36)/t21?,23?,24?,25-/m0/s1. The summed E-state index contributed by atoms with van der Waals surface area (Å²) in [6.45, 7) is 3.00. The first-order chi connectivity index (χ1) is 19.3. The minimum Gasteiger partial charge on any atom is -0.381 e. The molecule has 0 spiro atoms. The van der Waals surface area contributed by atoms with E-state index in [1.165, 1.54) is 21.4 Å². The van der Waals surface area contributed by atoms with Crippen LogP contribution < -0.4 is 5.32 Å². The van der Waals surface area contributed by atoms with Gasteiger partial charge in [0.25, 0.3) is 5.91 Å². The Labute approximate surface area is 236 Å². The number of ether oxygens (including phenoxy) is 2. The minimum atomic E-state index is -4.53. The van der Waals surface area contributed by atoms with Gasteiger partial charge in [-0.1, -0.05) is 11.6 Å².